The standard InChI is InChI=1S/C15H25N3O3/c1-6-15(7-2,9-13(19)20)16-14(21)11-8-12(10(3)4)18(5)17-11/h8,10H,6-7,9H2,1-5H3,(H,16,21)(H,19,20). The minimum atomic E-state index is -0.914. The molecule has 0 radical (unpaired) electrons. The predicted octanol–water partition coefficient (Wildman–Crippen LogP) is 2.31. The summed E-state index contributed by atoms with van der Waals surface area (Å²) in [4.78, 5) is 23.4. The van der Waals surface area contributed by atoms with Gasteiger partial charge < -0.3 is 10.4 Å². The molecular formula is C15H25N3O3. The third-order valence-electron chi connectivity index (χ3n) is 3.96. The largest absolute Gasteiger partial charge is 0.481 e. The van der Waals surface area contributed by atoms with Crippen LogP contribution in [0.4, 0.5) is 0 Å². The zero-order valence-electron chi connectivity index (χ0n) is 13.4. The van der Waals surface area contributed by atoms with Gasteiger partial charge in [0.2, 0.25) is 0 Å². The maximum absolute atomic E-state index is 12.4. The summed E-state index contributed by atoms with van der Waals surface area (Å²) in [6, 6.07) is 1.76. The molecule has 1 rings (SSSR count). The number of rotatable bonds is 7. The van der Waals surface area contributed by atoms with Crippen LogP contribution in [-0.2, 0) is 11.8 Å². The van der Waals surface area contributed by atoms with Crippen molar-refractivity contribution in [1.29, 1.82) is 0 Å². The highest BCUT2D eigenvalue weighted by Crippen LogP contribution is 2.21. The lowest BCUT2D eigenvalue weighted by molar-refractivity contribution is -0.138. The normalized spacial score (nSPS) is 11.7. The number of carboxylic acid groups (broad SMARTS) is 1. The van der Waals surface area contributed by atoms with Gasteiger partial charge in [0.1, 0.15) is 5.69 Å². The lowest BCUT2D eigenvalue weighted by Gasteiger charge is -2.31. The number of aliphatic carboxylic acids is 1. The third kappa shape index (κ3) is 4.06. The smallest absolute Gasteiger partial charge is 0.305 e. The van der Waals surface area contributed by atoms with E-state index in [-0.39, 0.29) is 18.2 Å². The van der Waals surface area contributed by atoms with Crippen molar-refractivity contribution < 1.29 is 14.7 Å². The van der Waals surface area contributed by atoms with Crippen LogP contribution in [0.15, 0.2) is 6.07 Å². The number of carboxylic acids is 1. The van der Waals surface area contributed by atoms with Gasteiger partial charge in [0.15, 0.2) is 0 Å². The first-order valence-electron chi connectivity index (χ1n) is 7.33. The zero-order chi connectivity index (χ0) is 16.2. The number of nitrogens with zero attached hydrogens (tertiary/aromatic N) is 2. The maximum atomic E-state index is 12.4. The number of hydrogen-bond acceptors (Lipinski definition) is 3. The van der Waals surface area contributed by atoms with Crippen molar-refractivity contribution >= 4 is 11.9 Å². The molecule has 0 spiro atoms. The highest BCUT2D eigenvalue weighted by molar-refractivity contribution is 5.93. The minimum absolute atomic E-state index is 0.0877. The number of amides is 1. The Balaban J connectivity index is 2.97. The number of carbonyl (C=O) groups excluding carboxylic acids is 1. The van der Waals surface area contributed by atoms with Gasteiger partial charge in [-0.3, -0.25) is 14.3 Å². The van der Waals surface area contributed by atoms with Crippen LogP contribution in [0.1, 0.15) is 69.1 Å². The van der Waals surface area contributed by atoms with Gasteiger partial charge in [0.25, 0.3) is 5.91 Å². The SMILES string of the molecule is CCC(CC)(CC(=O)O)NC(=O)c1cc(C(C)C)n(C)n1. The van der Waals surface area contributed by atoms with E-state index in [2.05, 4.69) is 10.4 Å². The van der Waals surface area contributed by atoms with Gasteiger partial charge in [-0.2, -0.15) is 5.10 Å². The summed E-state index contributed by atoms with van der Waals surface area (Å²) in [5.74, 6) is -0.962. The van der Waals surface area contributed by atoms with Crippen molar-refractivity contribution in [3.8, 4) is 0 Å². The molecule has 0 aliphatic carbocycles. The van der Waals surface area contributed by atoms with E-state index in [4.69, 9.17) is 5.11 Å². The first-order chi connectivity index (χ1) is 9.74. The molecule has 0 unspecified atom stereocenters. The molecule has 0 saturated carbocycles. The molecular weight excluding hydrogens is 270 g/mol. The Labute approximate surface area is 125 Å². The zero-order valence-corrected chi connectivity index (χ0v) is 13.4. The first-order valence-corrected chi connectivity index (χ1v) is 7.33. The second-order valence-corrected chi connectivity index (χ2v) is 5.74. The molecule has 2 N–H and O–H groups in total. The van der Waals surface area contributed by atoms with Crippen LogP contribution in [0.2, 0.25) is 0 Å². The lowest BCUT2D eigenvalue weighted by Crippen LogP contribution is -2.49. The van der Waals surface area contributed by atoms with Crippen molar-refractivity contribution in [1.82, 2.24) is 15.1 Å². The summed E-state index contributed by atoms with van der Waals surface area (Å²) in [6.07, 6.45) is 1.03. The number of nitrogens with one attached hydrogen (secondary N) is 1. The molecule has 0 aromatic carbocycles. The van der Waals surface area contributed by atoms with Crippen LogP contribution >= 0.6 is 0 Å². The fraction of sp³-hybridized carbons (Fsp3) is 0.667. The molecule has 0 bridgehead atoms. The summed E-state index contributed by atoms with van der Waals surface area (Å²) in [5.41, 5.74) is 0.577. The summed E-state index contributed by atoms with van der Waals surface area (Å²) < 4.78 is 1.69. The van der Waals surface area contributed by atoms with Crippen molar-refractivity contribution in [2.45, 2.75) is 58.4 Å². The quantitative estimate of drug-likeness (QED) is 0.808. The Hall–Kier alpha value is -1.85. The predicted molar refractivity (Wildman–Crippen MR) is 80.3 cm³/mol. The second-order valence-electron chi connectivity index (χ2n) is 5.74. The molecule has 0 fully saturated rings. The highest BCUT2D eigenvalue weighted by Gasteiger charge is 2.32. The van der Waals surface area contributed by atoms with Crippen LogP contribution in [0.5, 0.6) is 0 Å². The van der Waals surface area contributed by atoms with Crippen LogP contribution in [0.25, 0.3) is 0 Å². The Morgan fingerprint density at radius 1 is 1.38 bits per heavy atom. The van der Waals surface area contributed by atoms with E-state index in [0.717, 1.165) is 5.69 Å². The fourth-order valence-electron chi connectivity index (χ4n) is 2.45. The fourth-order valence-corrected chi connectivity index (χ4v) is 2.45. The molecule has 0 saturated heterocycles. The highest BCUT2D eigenvalue weighted by atomic mass is 16.4. The van der Waals surface area contributed by atoms with Crippen LogP contribution in [-0.4, -0.2) is 32.3 Å². The Morgan fingerprint density at radius 3 is 2.33 bits per heavy atom. The van der Waals surface area contributed by atoms with Crippen molar-refractivity contribution in [2.24, 2.45) is 7.05 Å². The summed E-state index contributed by atoms with van der Waals surface area (Å²) in [5, 5.41) is 16.1. The Morgan fingerprint density at radius 2 is 1.95 bits per heavy atom. The summed E-state index contributed by atoms with van der Waals surface area (Å²) in [6.45, 7) is 7.83. The molecule has 1 aromatic rings. The van der Waals surface area contributed by atoms with E-state index >= 15 is 0 Å². The number of hydrogen-bond donors (Lipinski definition) is 2. The molecule has 21 heavy (non-hydrogen) atoms. The van der Waals surface area contributed by atoms with Gasteiger partial charge in [-0.1, -0.05) is 27.7 Å². The monoisotopic (exact) mass is 295 g/mol. The van der Waals surface area contributed by atoms with Crippen LogP contribution < -0.4 is 5.32 Å². The van der Waals surface area contributed by atoms with Gasteiger partial charge in [0, 0.05) is 12.7 Å². The summed E-state index contributed by atoms with van der Waals surface area (Å²) >= 11 is 0. The van der Waals surface area contributed by atoms with Crippen LogP contribution in [0, 0.1) is 0 Å². The Bertz CT molecular complexity index is 516. The molecule has 6 heteroatoms. The maximum Gasteiger partial charge on any atom is 0.305 e. The van der Waals surface area contributed by atoms with Gasteiger partial charge in [0.05, 0.1) is 12.0 Å². The number of aryl methyl sites for hydroxylation is 1. The lowest BCUT2D eigenvalue weighted by atomic mass is 9.89. The van der Waals surface area contributed by atoms with E-state index in [1.54, 1.807) is 17.8 Å². The van der Waals surface area contributed by atoms with Gasteiger partial charge in [-0.15, -0.1) is 0 Å². The first kappa shape index (κ1) is 17.2. The average molecular weight is 295 g/mol. The van der Waals surface area contributed by atoms with Crippen molar-refractivity contribution in [3.63, 3.8) is 0 Å². The molecule has 1 heterocycles. The van der Waals surface area contributed by atoms with E-state index in [9.17, 15) is 9.59 Å². The summed E-state index contributed by atoms with van der Waals surface area (Å²) in [7, 11) is 1.80. The topological polar surface area (TPSA) is 84.2 Å². The minimum Gasteiger partial charge on any atom is -0.481 e. The van der Waals surface area contributed by atoms with Gasteiger partial charge in [-0.05, 0) is 24.8 Å². The van der Waals surface area contributed by atoms with E-state index < -0.39 is 11.5 Å². The molecule has 0 atom stereocenters. The van der Waals surface area contributed by atoms with Crippen molar-refractivity contribution in [2.75, 3.05) is 0 Å². The Kier molecular flexibility index (Phi) is 5.52. The molecule has 6 nitrogen and oxygen atoms in total. The molecule has 0 aliphatic heterocycles. The molecule has 1 aromatic heterocycles. The van der Waals surface area contributed by atoms with Gasteiger partial charge >= 0.3 is 5.97 Å². The van der Waals surface area contributed by atoms with Crippen LogP contribution in [0.3, 0.4) is 0 Å². The number of carbonyl (C=O) groups is 2. The third-order valence-corrected chi connectivity index (χ3v) is 3.96. The van der Waals surface area contributed by atoms with E-state index in [1.807, 2.05) is 27.7 Å². The molecule has 118 valence electrons. The average Bonchev–Trinajstić information content (AvgIpc) is 2.79. The van der Waals surface area contributed by atoms with Gasteiger partial charge in [-0.25, -0.2) is 0 Å². The van der Waals surface area contributed by atoms with E-state index in [1.165, 1.54) is 0 Å². The number of aromatic nitrogens is 2. The molecule has 0 aliphatic rings. The van der Waals surface area contributed by atoms with E-state index in [0.29, 0.717) is 18.5 Å². The van der Waals surface area contributed by atoms with Crippen molar-refractivity contribution in [3.05, 3.63) is 17.5 Å². The molecule has 1 amide bonds. The second kappa shape index (κ2) is 6.74.